The number of rotatable bonds is 7. The van der Waals surface area contributed by atoms with Crippen LogP contribution in [0.5, 0.6) is 11.8 Å². The number of fused-ring (bicyclic) bond motifs is 2. The molecule has 5 fully saturated rings. The van der Waals surface area contributed by atoms with Gasteiger partial charge in [-0.2, -0.15) is 9.97 Å². The van der Waals surface area contributed by atoms with Crippen LogP contribution in [0.2, 0.25) is 5.02 Å². The lowest BCUT2D eigenvalue weighted by Gasteiger charge is -2.48. The van der Waals surface area contributed by atoms with Crippen LogP contribution in [0.15, 0.2) is 31.0 Å². The number of piperazine rings is 1. The van der Waals surface area contributed by atoms with Gasteiger partial charge in [-0.05, 0) is 68.3 Å². The molecule has 47 heavy (non-hydrogen) atoms. The zero-order valence-electron chi connectivity index (χ0n) is 26.1. The molecule has 4 saturated heterocycles. The van der Waals surface area contributed by atoms with Crippen molar-refractivity contribution >= 4 is 34.2 Å². The first-order chi connectivity index (χ1) is 22.7. The fraction of sp³-hybridized carbons (Fsp3) is 0.529. The molecule has 1 saturated carbocycles. The van der Waals surface area contributed by atoms with Crippen molar-refractivity contribution in [1.82, 2.24) is 24.8 Å². The van der Waals surface area contributed by atoms with Gasteiger partial charge in [-0.3, -0.25) is 14.7 Å². The van der Waals surface area contributed by atoms with Crippen LogP contribution in [0.4, 0.5) is 14.6 Å². The molecule has 3 aromatic rings. The molecule has 8 rings (SSSR count). The predicted octanol–water partition coefficient (Wildman–Crippen LogP) is 5.02. The molecule has 10 nitrogen and oxygen atoms in total. The predicted molar refractivity (Wildman–Crippen MR) is 172 cm³/mol. The van der Waals surface area contributed by atoms with Crippen LogP contribution < -0.4 is 9.64 Å². The summed E-state index contributed by atoms with van der Waals surface area (Å²) in [4.78, 5) is 32.9. The second-order valence-electron chi connectivity index (χ2n) is 13.7. The molecular formula is C34H37ClF2N6O4. The highest BCUT2D eigenvalue weighted by Gasteiger charge is 2.50. The van der Waals surface area contributed by atoms with Gasteiger partial charge in [-0.15, -0.1) is 0 Å². The first-order valence-corrected chi connectivity index (χ1v) is 16.8. The number of carbonyl (C=O) groups excluding carboxylic acids is 1. The number of nitrogens with zero attached hydrogens (tertiary/aromatic N) is 6. The molecule has 0 bridgehead atoms. The summed E-state index contributed by atoms with van der Waals surface area (Å²) in [7, 11) is 0. The highest BCUT2D eigenvalue weighted by Crippen LogP contribution is 2.49. The van der Waals surface area contributed by atoms with E-state index in [4.69, 9.17) is 26.1 Å². The zero-order valence-corrected chi connectivity index (χ0v) is 26.8. The number of aromatic nitrogens is 3. The van der Waals surface area contributed by atoms with Crippen LogP contribution in [0.25, 0.3) is 22.2 Å². The van der Waals surface area contributed by atoms with Crippen LogP contribution in [0.1, 0.15) is 50.0 Å². The first kappa shape index (κ1) is 30.7. The fourth-order valence-electron chi connectivity index (χ4n) is 8.30. The Bertz CT molecular complexity index is 1770. The van der Waals surface area contributed by atoms with Crippen molar-refractivity contribution in [2.75, 3.05) is 57.4 Å². The summed E-state index contributed by atoms with van der Waals surface area (Å²) in [5.74, 6) is -0.324. The van der Waals surface area contributed by atoms with Gasteiger partial charge in [0.2, 0.25) is 5.91 Å². The molecule has 5 aliphatic rings. The van der Waals surface area contributed by atoms with E-state index in [1.165, 1.54) is 18.2 Å². The second kappa shape index (κ2) is 11.5. The molecule has 6 heterocycles. The van der Waals surface area contributed by atoms with Gasteiger partial charge in [0.05, 0.1) is 23.1 Å². The Hall–Kier alpha value is -3.61. The Kier molecular flexibility index (Phi) is 7.53. The van der Waals surface area contributed by atoms with E-state index in [-0.39, 0.29) is 41.4 Å². The Morgan fingerprint density at radius 2 is 2.09 bits per heavy atom. The van der Waals surface area contributed by atoms with Crippen molar-refractivity contribution in [1.29, 1.82) is 0 Å². The molecule has 1 amide bonds. The second-order valence-corrected chi connectivity index (χ2v) is 14.1. The Morgan fingerprint density at radius 1 is 1.23 bits per heavy atom. The van der Waals surface area contributed by atoms with Gasteiger partial charge < -0.3 is 24.4 Å². The zero-order chi connectivity index (χ0) is 32.5. The van der Waals surface area contributed by atoms with E-state index in [2.05, 4.69) is 21.4 Å². The van der Waals surface area contributed by atoms with Gasteiger partial charge in [0.25, 0.3) is 0 Å². The third-order valence-electron chi connectivity index (χ3n) is 10.7. The lowest BCUT2D eigenvalue weighted by atomic mass is 9.92. The lowest BCUT2D eigenvalue weighted by molar-refractivity contribution is -0.133. The minimum absolute atomic E-state index is 0.00948. The topological polar surface area (TPSA) is 104 Å². The molecule has 13 heteroatoms. The Balaban J connectivity index is 1.23. The number of benzene rings is 1. The molecule has 2 aromatic heterocycles. The van der Waals surface area contributed by atoms with E-state index in [1.54, 1.807) is 6.20 Å². The molecule has 1 aliphatic carbocycles. The van der Waals surface area contributed by atoms with Crippen LogP contribution in [-0.2, 0) is 9.53 Å². The quantitative estimate of drug-likeness (QED) is 0.349. The van der Waals surface area contributed by atoms with Gasteiger partial charge in [0.15, 0.2) is 5.82 Å². The molecule has 248 valence electrons. The van der Waals surface area contributed by atoms with E-state index in [0.717, 1.165) is 37.8 Å². The van der Waals surface area contributed by atoms with Gasteiger partial charge in [0, 0.05) is 56.0 Å². The molecule has 1 spiro atoms. The van der Waals surface area contributed by atoms with Gasteiger partial charge >= 0.3 is 6.01 Å². The molecular weight excluding hydrogens is 630 g/mol. The molecule has 0 radical (unpaired) electrons. The summed E-state index contributed by atoms with van der Waals surface area (Å²) in [6.45, 7) is 7.15. The number of ether oxygens (including phenoxy) is 2. The number of pyridine rings is 1. The number of phenolic OH excluding ortho intramolecular Hbond substituents is 1. The van der Waals surface area contributed by atoms with Crippen LogP contribution in [-0.4, -0.2) is 106 Å². The van der Waals surface area contributed by atoms with Crippen molar-refractivity contribution in [3.8, 4) is 23.0 Å². The number of amides is 1. The van der Waals surface area contributed by atoms with Crippen molar-refractivity contribution in [3.63, 3.8) is 0 Å². The highest BCUT2D eigenvalue weighted by atomic mass is 35.5. The molecule has 3 atom stereocenters. The third kappa shape index (κ3) is 5.19. The van der Waals surface area contributed by atoms with Crippen LogP contribution in [0, 0.1) is 5.82 Å². The monoisotopic (exact) mass is 666 g/mol. The Morgan fingerprint density at radius 3 is 2.85 bits per heavy atom. The number of carbonyl (C=O) groups is 1. The van der Waals surface area contributed by atoms with E-state index < -0.39 is 23.1 Å². The van der Waals surface area contributed by atoms with Crippen LogP contribution >= 0.6 is 11.6 Å². The number of hydrogen-bond donors (Lipinski definition) is 1. The summed E-state index contributed by atoms with van der Waals surface area (Å²) < 4.78 is 43.4. The normalized spacial score (nSPS) is 27.6. The smallest absolute Gasteiger partial charge is 0.319 e. The molecule has 4 aliphatic heterocycles. The maximum Gasteiger partial charge on any atom is 0.319 e. The van der Waals surface area contributed by atoms with E-state index in [9.17, 15) is 14.3 Å². The molecule has 1 N–H and O–H groups in total. The van der Waals surface area contributed by atoms with Crippen molar-refractivity contribution < 1.29 is 28.2 Å². The van der Waals surface area contributed by atoms with Crippen molar-refractivity contribution in [2.24, 2.45) is 0 Å². The average molecular weight is 667 g/mol. The minimum atomic E-state index is -0.924. The molecule has 1 unspecified atom stereocenters. The lowest BCUT2D eigenvalue weighted by Crippen LogP contribution is -2.64. The van der Waals surface area contributed by atoms with Crippen molar-refractivity contribution in [2.45, 2.75) is 61.7 Å². The SMILES string of the molecule is C=CC(=O)N1CCN(c2nc(OC[C@@]34CCCN3C[C@H](F)C4)nc3c(F)c(-c4cc(O)cc(Cl)c4C4CC4)ncc23)CC12CCOC2. The summed E-state index contributed by atoms with van der Waals surface area (Å²) in [6, 6.07) is 2.96. The number of alkyl halides is 1. The van der Waals surface area contributed by atoms with Crippen LogP contribution in [0.3, 0.4) is 0 Å². The summed E-state index contributed by atoms with van der Waals surface area (Å²) in [5.41, 5.74) is 0.195. The highest BCUT2D eigenvalue weighted by molar-refractivity contribution is 6.32. The standard InChI is InChI=1S/C34H37ClF2N6O4/c1-2-26(45)43-10-9-41(17-34(43)7-11-46-18-34)31-24-15-38-29(23-12-22(44)13-25(35)27(23)20-4-5-20)28(37)30(24)39-32(40-31)47-19-33-6-3-8-42(33)16-21(36)14-33/h2,12-13,15,20-21,44H,1,3-11,14,16-19H2/t21-,33+,34?/m1/s1. The maximum atomic E-state index is 16.8. The number of hydrogen-bond acceptors (Lipinski definition) is 9. The van der Waals surface area contributed by atoms with Gasteiger partial charge in [-0.1, -0.05) is 18.2 Å². The number of anilines is 1. The first-order valence-electron chi connectivity index (χ1n) is 16.4. The van der Waals surface area contributed by atoms with E-state index >= 15 is 4.39 Å². The average Bonchev–Trinajstić information content (AvgIpc) is 3.53. The van der Waals surface area contributed by atoms with Gasteiger partial charge in [0.1, 0.15) is 35.6 Å². The summed E-state index contributed by atoms with van der Waals surface area (Å²) in [5, 5.41) is 11.2. The fourth-order valence-corrected chi connectivity index (χ4v) is 8.66. The third-order valence-corrected chi connectivity index (χ3v) is 11.0. The molecule has 1 aromatic carbocycles. The summed E-state index contributed by atoms with van der Waals surface area (Å²) in [6.07, 6.45) is 6.56. The number of halogens is 3. The van der Waals surface area contributed by atoms with E-state index in [1.807, 2.05) is 9.80 Å². The maximum absolute atomic E-state index is 16.8. The Labute approximate surface area is 276 Å². The minimum Gasteiger partial charge on any atom is -0.508 e. The number of aromatic hydroxyl groups is 1. The number of phenols is 1. The van der Waals surface area contributed by atoms with E-state index in [0.29, 0.717) is 74.0 Å². The largest absolute Gasteiger partial charge is 0.508 e. The van der Waals surface area contributed by atoms with Gasteiger partial charge in [-0.25, -0.2) is 8.78 Å². The summed E-state index contributed by atoms with van der Waals surface area (Å²) >= 11 is 6.57. The van der Waals surface area contributed by atoms with Crippen molar-refractivity contribution in [3.05, 3.63) is 47.4 Å².